The number of nitrogens with zero attached hydrogens (tertiary/aromatic N) is 1. The van der Waals surface area contributed by atoms with Crippen LogP contribution in [0.1, 0.15) is 5.56 Å². The van der Waals surface area contributed by atoms with E-state index in [1.165, 1.54) is 16.7 Å². The Morgan fingerprint density at radius 3 is 2.69 bits per heavy atom. The molecular formula is C18H12BrNO4S2. The van der Waals surface area contributed by atoms with Crippen molar-refractivity contribution < 1.29 is 19.4 Å². The summed E-state index contributed by atoms with van der Waals surface area (Å²) >= 11 is 9.94. The number of carboxylic acid groups (broad SMARTS) is 1. The maximum atomic E-state index is 12.7. The predicted molar refractivity (Wildman–Crippen MR) is 109 cm³/mol. The number of thiocarbonyl (C=S) groups is 1. The molecule has 0 spiro atoms. The molecule has 26 heavy (non-hydrogen) atoms. The Kier molecular flexibility index (Phi) is 5.75. The topological polar surface area (TPSA) is 66.8 Å². The summed E-state index contributed by atoms with van der Waals surface area (Å²) in [6.07, 6.45) is 1.71. The Morgan fingerprint density at radius 1 is 1.27 bits per heavy atom. The van der Waals surface area contributed by atoms with Crippen molar-refractivity contribution in [2.45, 2.75) is 0 Å². The molecule has 2 aromatic carbocycles. The standard InChI is InChI=1S/C18H12BrNO4S2/c19-12-4-6-13(7-5-12)20-17(23)15(26-18(20)25)9-11-2-1-3-14(8-11)24-10-16(21)22/h1-9H,10H2,(H,21,22)/b15-9-. The molecule has 5 nitrogen and oxygen atoms in total. The molecule has 132 valence electrons. The lowest BCUT2D eigenvalue weighted by Gasteiger charge is -2.14. The second-order valence-electron chi connectivity index (χ2n) is 5.25. The normalized spacial score (nSPS) is 15.6. The number of carbonyl (C=O) groups excluding carboxylic acids is 1. The third-order valence-electron chi connectivity index (χ3n) is 3.40. The first-order valence-corrected chi connectivity index (χ1v) is 9.44. The number of thioether (sulfide) groups is 1. The number of amides is 1. The third-order valence-corrected chi connectivity index (χ3v) is 5.23. The van der Waals surface area contributed by atoms with Gasteiger partial charge in [0.15, 0.2) is 10.9 Å². The largest absolute Gasteiger partial charge is 0.482 e. The number of carbonyl (C=O) groups is 2. The van der Waals surface area contributed by atoms with Crippen LogP contribution in [0.3, 0.4) is 0 Å². The van der Waals surface area contributed by atoms with Crippen molar-refractivity contribution in [1.82, 2.24) is 0 Å². The van der Waals surface area contributed by atoms with E-state index in [0.29, 0.717) is 20.7 Å². The maximum absolute atomic E-state index is 12.7. The molecule has 1 fully saturated rings. The predicted octanol–water partition coefficient (Wildman–Crippen LogP) is 4.32. The van der Waals surface area contributed by atoms with Crippen LogP contribution in [0.25, 0.3) is 6.08 Å². The molecule has 2 aromatic rings. The number of halogens is 1. The number of anilines is 1. The van der Waals surface area contributed by atoms with E-state index in [9.17, 15) is 9.59 Å². The summed E-state index contributed by atoms with van der Waals surface area (Å²) in [7, 11) is 0. The van der Waals surface area contributed by atoms with Crippen LogP contribution < -0.4 is 9.64 Å². The van der Waals surface area contributed by atoms with Gasteiger partial charge in [0.25, 0.3) is 5.91 Å². The summed E-state index contributed by atoms with van der Waals surface area (Å²) in [4.78, 5) is 25.3. The van der Waals surface area contributed by atoms with Crippen molar-refractivity contribution in [3.05, 3.63) is 63.5 Å². The van der Waals surface area contributed by atoms with Gasteiger partial charge in [-0.15, -0.1) is 0 Å². The summed E-state index contributed by atoms with van der Waals surface area (Å²) in [5, 5.41) is 8.68. The molecule has 0 atom stereocenters. The zero-order chi connectivity index (χ0) is 18.7. The summed E-state index contributed by atoms with van der Waals surface area (Å²) in [5.41, 5.74) is 1.43. The molecule has 1 aliphatic rings. The first kappa shape index (κ1) is 18.6. The minimum atomic E-state index is -1.05. The number of ether oxygens (including phenoxy) is 1. The molecule has 8 heteroatoms. The molecule has 1 aliphatic heterocycles. The molecule has 0 aliphatic carbocycles. The minimum absolute atomic E-state index is 0.195. The number of carboxylic acids is 1. The molecule has 3 rings (SSSR count). The fourth-order valence-corrected chi connectivity index (χ4v) is 3.83. The van der Waals surface area contributed by atoms with Gasteiger partial charge < -0.3 is 9.84 Å². The van der Waals surface area contributed by atoms with E-state index in [2.05, 4.69) is 15.9 Å². The number of hydrogen-bond donors (Lipinski definition) is 1. The average molecular weight is 450 g/mol. The molecule has 0 bridgehead atoms. The lowest BCUT2D eigenvalue weighted by atomic mass is 10.2. The van der Waals surface area contributed by atoms with Crippen molar-refractivity contribution in [3.8, 4) is 5.75 Å². The van der Waals surface area contributed by atoms with Gasteiger partial charge in [-0.05, 0) is 48.0 Å². The van der Waals surface area contributed by atoms with Gasteiger partial charge in [0.2, 0.25) is 0 Å². The summed E-state index contributed by atoms with van der Waals surface area (Å²) in [5.74, 6) is -0.825. The first-order valence-electron chi connectivity index (χ1n) is 7.42. The van der Waals surface area contributed by atoms with Gasteiger partial charge >= 0.3 is 5.97 Å². The van der Waals surface area contributed by atoms with Crippen LogP contribution in [-0.2, 0) is 9.59 Å². The highest BCUT2D eigenvalue weighted by Gasteiger charge is 2.33. The highest BCUT2D eigenvalue weighted by Crippen LogP contribution is 2.36. The Bertz CT molecular complexity index is 912. The summed E-state index contributed by atoms with van der Waals surface area (Å²) < 4.78 is 6.54. The van der Waals surface area contributed by atoms with Crippen LogP contribution in [0.4, 0.5) is 5.69 Å². The van der Waals surface area contributed by atoms with Crippen LogP contribution in [0.5, 0.6) is 5.75 Å². The Balaban J connectivity index is 1.82. The molecule has 0 aromatic heterocycles. The summed E-state index contributed by atoms with van der Waals surface area (Å²) in [6.45, 7) is -0.421. The van der Waals surface area contributed by atoms with Crippen molar-refractivity contribution in [2.75, 3.05) is 11.5 Å². The Morgan fingerprint density at radius 2 is 2.00 bits per heavy atom. The SMILES string of the molecule is O=C(O)COc1cccc(/C=C2\SC(=S)N(c3ccc(Br)cc3)C2=O)c1. The molecule has 1 saturated heterocycles. The van der Waals surface area contributed by atoms with E-state index in [-0.39, 0.29) is 5.91 Å². The third kappa shape index (κ3) is 4.32. The monoisotopic (exact) mass is 449 g/mol. The van der Waals surface area contributed by atoms with Gasteiger partial charge in [0.05, 0.1) is 10.6 Å². The van der Waals surface area contributed by atoms with Crippen LogP contribution in [-0.4, -0.2) is 27.9 Å². The van der Waals surface area contributed by atoms with Crippen molar-refractivity contribution in [2.24, 2.45) is 0 Å². The molecule has 1 amide bonds. The van der Waals surface area contributed by atoms with E-state index < -0.39 is 12.6 Å². The number of aliphatic carboxylic acids is 1. The molecule has 0 saturated carbocycles. The van der Waals surface area contributed by atoms with E-state index in [1.54, 1.807) is 30.3 Å². The second kappa shape index (κ2) is 8.03. The van der Waals surface area contributed by atoms with E-state index in [4.69, 9.17) is 22.1 Å². The van der Waals surface area contributed by atoms with Crippen LogP contribution in [0.15, 0.2) is 57.9 Å². The molecule has 0 unspecified atom stereocenters. The van der Waals surface area contributed by atoms with Crippen LogP contribution in [0.2, 0.25) is 0 Å². The zero-order valence-corrected chi connectivity index (χ0v) is 16.4. The molecule has 1 N–H and O–H groups in total. The van der Waals surface area contributed by atoms with Crippen molar-refractivity contribution in [3.63, 3.8) is 0 Å². The second-order valence-corrected chi connectivity index (χ2v) is 7.84. The van der Waals surface area contributed by atoms with Gasteiger partial charge in [-0.3, -0.25) is 9.69 Å². The van der Waals surface area contributed by atoms with Crippen LogP contribution >= 0.6 is 39.9 Å². The minimum Gasteiger partial charge on any atom is -0.482 e. The van der Waals surface area contributed by atoms with E-state index in [1.807, 2.05) is 24.3 Å². The van der Waals surface area contributed by atoms with Crippen molar-refractivity contribution >= 4 is 67.9 Å². The Hall–Kier alpha value is -2.16. The number of hydrogen-bond acceptors (Lipinski definition) is 5. The first-order chi connectivity index (χ1) is 12.4. The lowest BCUT2D eigenvalue weighted by Crippen LogP contribution is -2.27. The van der Waals surface area contributed by atoms with E-state index in [0.717, 1.165) is 10.0 Å². The van der Waals surface area contributed by atoms with Gasteiger partial charge in [0, 0.05) is 4.47 Å². The molecule has 0 radical (unpaired) electrons. The smallest absolute Gasteiger partial charge is 0.341 e. The average Bonchev–Trinajstić information content (AvgIpc) is 2.88. The summed E-state index contributed by atoms with van der Waals surface area (Å²) in [6, 6.07) is 14.2. The Labute approximate surface area is 167 Å². The zero-order valence-electron chi connectivity index (χ0n) is 13.2. The molecular weight excluding hydrogens is 438 g/mol. The number of rotatable bonds is 5. The van der Waals surface area contributed by atoms with Crippen molar-refractivity contribution in [1.29, 1.82) is 0 Å². The van der Waals surface area contributed by atoms with Gasteiger partial charge in [-0.1, -0.05) is 52.0 Å². The van der Waals surface area contributed by atoms with Gasteiger partial charge in [-0.25, -0.2) is 4.79 Å². The van der Waals surface area contributed by atoms with Crippen LogP contribution in [0, 0.1) is 0 Å². The van der Waals surface area contributed by atoms with Gasteiger partial charge in [-0.2, -0.15) is 0 Å². The lowest BCUT2D eigenvalue weighted by molar-refractivity contribution is -0.139. The highest BCUT2D eigenvalue weighted by molar-refractivity contribution is 9.10. The fourth-order valence-electron chi connectivity index (χ4n) is 2.27. The van der Waals surface area contributed by atoms with Gasteiger partial charge in [0.1, 0.15) is 5.75 Å². The fraction of sp³-hybridized carbons (Fsp3) is 0.0556. The van der Waals surface area contributed by atoms with E-state index >= 15 is 0 Å². The molecule has 1 heterocycles. The maximum Gasteiger partial charge on any atom is 0.341 e. The quantitative estimate of drug-likeness (QED) is 0.541. The highest BCUT2D eigenvalue weighted by atomic mass is 79.9. The number of benzene rings is 2.